The maximum atomic E-state index is 13.0. The Morgan fingerprint density at radius 1 is 1.16 bits per heavy atom. The summed E-state index contributed by atoms with van der Waals surface area (Å²) in [7, 11) is 0. The first-order valence-corrected chi connectivity index (χ1v) is 13.0. The molecule has 0 saturated carbocycles. The van der Waals surface area contributed by atoms with Gasteiger partial charge in [-0.25, -0.2) is 14.6 Å². The van der Waals surface area contributed by atoms with Crippen LogP contribution < -0.4 is 10.1 Å². The molecule has 0 aliphatic carbocycles. The Labute approximate surface area is 222 Å². The Morgan fingerprint density at radius 3 is 2.76 bits per heavy atom. The molecule has 8 heteroatoms. The van der Waals surface area contributed by atoms with Gasteiger partial charge in [0.25, 0.3) is 5.91 Å². The molecule has 5 rings (SSSR count). The molecule has 0 spiro atoms. The second-order valence-corrected chi connectivity index (χ2v) is 10.4. The highest BCUT2D eigenvalue weighted by molar-refractivity contribution is 6.01. The maximum absolute atomic E-state index is 13.0. The van der Waals surface area contributed by atoms with E-state index in [2.05, 4.69) is 32.5 Å². The van der Waals surface area contributed by atoms with E-state index in [0.29, 0.717) is 18.8 Å². The molecule has 0 bridgehead atoms. The van der Waals surface area contributed by atoms with Crippen molar-refractivity contribution in [3.05, 3.63) is 89.6 Å². The molecule has 1 aliphatic rings. The molecule has 0 fully saturated rings. The van der Waals surface area contributed by atoms with Crippen molar-refractivity contribution in [1.82, 2.24) is 19.7 Å². The number of carbonyl (C=O) groups is 1. The molecule has 0 saturated heterocycles. The van der Waals surface area contributed by atoms with Gasteiger partial charge in [0.05, 0.1) is 18.2 Å². The lowest BCUT2D eigenvalue weighted by molar-refractivity contribution is 0.0641. The molecule has 0 radical (unpaired) electrons. The van der Waals surface area contributed by atoms with Crippen LogP contribution in [-0.4, -0.2) is 43.0 Å². The third-order valence-corrected chi connectivity index (χ3v) is 6.75. The Bertz CT molecular complexity index is 1430. The molecule has 8 nitrogen and oxygen atoms in total. The van der Waals surface area contributed by atoms with Crippen LogP contribution in [0.3, 0.4) is 0 Å². The van der Waals surface area contributed by atoms with Gasteiger partial charge < -0.3 is 15.2 Å². The van der Waals surface area contributed by atoms with Crippen LogP contribution in [0.4, 0.5) is 5.82 Å². The number of hydrogen-bond acceptors (Lipinski definition) is 6. The monoisotopic (exact) mass is 511 g/mol. The zero-order valence-corrected chi connectivity index (χ0v) is 22.0. The van der Waals surface area contributed by atoms with Crippen molar-refractivity contribution in [2.24, 2.45) is 0 Å². The minimum atomic E-state index is -0.699. The SMILES string of the molecule is Cc1ccc(OCCCC(C)(C)O)cc1-c1ccnc(NC(=O)c2nc3n(n2)[C@@H](c2ccccc2)CC3)c1. The smallest absolute Gasteiger partial charge is 0.296 e. The molecule has 1 aliphatic heterocycles. The summed E-state index contributed by atoms with van der Waals surface area (Å²) in [6, 6.07) is 20.0. The van der Waals surface area contributed by atoms with Gasteiger partial charge in [0.2, 0.25) is 5.82 Å². The summed E-state index contributed by atoms with van der Waals surface area (Å²) in [5, 5.41) is 17.3. The lowest BCUT2D eigenvalue weighted by Gasteiger charge is -2.17. The summed E-state index contributed by atoms with van der Waals surface area (Å²) in [6.45, 7) is 6.16. The Morgan fingerprint density at radius 2 is 1.97 bits per heavy atom. The van der Waals surface area contributed by atoms with Crippen molar-refractivity contribution in [2.75, 3.05) is 11.9 Å². The molecule has 2 aromatic carbocycles. The molecule has 1 amide bonds. The van der Waals surface area contributed by atoms with E-state index in [1.807, 2.05) is 60.1 Å². The summed E-state index contributed by atoms with van der Waals surface area (Å²) in [5.41, 5.74) is 3.45. The number of ether oxygens (including phenoxy) is 1. The number of aromatic nitrogens is 4. The fourth-order valence-corrected chi connectivity index (χ4v) is 4.78. The van der Waals surface area contributed by atoms with Crippen LogP contribution in [0, 0.1) is 6.92 Å². The van der Waals surface area contributed by atoms with Crippen molar-refractivity contribution in [3.63, 3.8) is 0 Å². The molecular formula is C30H33N5O3. The minimum Gasteiger partial charge on any atom is -0.494 e. The number of amides is 1. The van der Waals surface area contributed by atoms with Gasteiger partial charge in [0.1, 0.15) is 17.4 Å². The van der Waals surface area contributed by atoms with E-state index in [1.165, 1.54) is 0 Å². The number of pyridine rings is 1. The van der Waals surface area contributed by atoms with Crippen molar-refractivity contribution >= 4 is 11.7 Å². The molecule has 196 valence electrons. The van der Waals surface area contributed by atoms with Gasteiger partial charge in [-0.15, -0.1) is 5.10 Å². The van der Waals surface area contributed by atoms with Crippen LogP contribution in [0.5, 0.6) is 5.75 Å². The number of fused-ring (bicyclic) bond motifs is 1. The summed E-state index contributed by atoms with van der Waals surface area (Å²) >= 11 is 0. The van der Waals surface area contributed by atoms with Gasteiger partial charge in [-0.3, -0.25) is 4.79 Å². The minimum absolute atomic E-state index is 0.0919. The van der Waals surface area contributed by atoms with Crippen LogP contribution in [0.25, 0.3) is 11.1 Å². The topological polar surface area (TPSA) is 102 Å². The molecule has 0 unspecified atom stereocenters. The Balaban J connectivity index is 1.28. The van der Waals surface area contributed by atoms with Gasteiger partial charge in [-0.2, -0.15) is 0 Å². The number of aryl methyl sites for hydroxylation is 2. The van der Waals surface area contributed by atoms with E-state index in [1.54, 1.807) is 20.0 Å². The number of aliphatic hydroxyl groups is 1. The Kier molecular flexibility index (Phi) is 7.24. The standard InChI is InChI=1S/C30H33N5O3/c1-20-10-11-23(38-17-7-15-30(2,3)37)19-24(20)22-14-16-31-26(18-22)32-29(36)28-33-27-13-12-25(35(27)34-28)21-8-5-4-6-9-21/h4-6,8-11,14,16,18-19,25,37H,7,12-13,15,17H2,1-3H3,(H,31,32,36)/t25-/m1/s1. The highest BCUT2D eigenvalue weighted by atomic mass is 16.5. The number of nitrogens with zero attached hydrogens (tertiary/aromatic N) is 4. The van der Waals surface area contributed by atoms with E-state index in [4.69, 9.17) is 4.74 Å². The van der Waals surface area contributed by atoms with Crippen LogP contribution in [0.1, 0.15) is 66.7 Å². The Hall–Kier alpha value is -4.04. The van der Waals surface area contributed by atoms with E-state index in [-0.39, 0.29) is 17.8 Å². The first-order valence-electron chi connectivity index (χ1n) is 13.0. The lowest BCUT2D eigenvalue weighted by atomic mass is 10.0. The number of benzene rings is 2. The fourth-order valence-electron chi connectivity index (χ4n) is 4.78. The average Bonchev–Trinajstić information content (AvgIpc) is 3.49. The maximum Gasteiger partial charge on any atom is 0.296 e. The number of carbonyl (C=O) groups excluding carboxylic acids is 1. The van der Waals surface area contributed by atoms with Crippen LogP contribution in [0.2, 0.25) is 0 Å². The van der Waals surface area contributed by atoms with E-state index < -0.39 is 5.60 Å². The zero-order chi connectivity index (χ0) is 26.7. The molecule has 38 heavy (non-hydrogen) atoms. The average molecular weight is 512 g/mol. The summed E-state index contributed by atoms with van der Waals surface area (Å²) in [5.74, 6) is 1.77. The molecule has 2 N–H and O–H groups in total. The molecule has 3 heterocycles. The second kappa shape index (κ2) is 10.8. The number of nitrogens with one attached hydrogen (secondary N) is 1. The van der Waals surface area contributed by atoms with Crippen LogP contribution in [-0.2, 0) is 6.42 Å². The number of rotatable bonds is 9. The highest BCUT2D eigenvalue weighted by Crippen LogP contribution is 2.31. The lowest BCUT2D eigenvalue weighted by Crippen LogP contribution is -2.19. The summed E-state index contributed by atoms with van der Waals surface area (Å²) < 4.78 is 7.79. The molecule has 2 aromatic heterocycles. The predicted octanol–water partition coefficient (Wildman–Crippen LogP) is 5.37. The van der Waals surface area contributed by atoms with Crippen LogP contribution >= 0.6 is 0 Å². The van der Waals surface area contributed by atoms with Gasteiger partial charge >= 0.3 is 0 Å². The molecule has 1 atom stereocenters. The largest absolute Gasteiger partial charge is 0.494 e. The fraction of sp³-hybridized carbons (Fsp3) is 0.333. The third-order valence-electron chi connectivity index (χ3n) is 6.75. The first kappa shape index (κ1) is 25.6. The summed E-state index contributed by atoms with van der Waals surface area (Å²) in [4.78, 5) is 21.9. The van der Waals surface area contributed by atoms with E-state index in [9.17, 15) is 9.90 Å². The van der Waals surface area contributed by atoms with Crippen molar-refractivity contribution in [1.29, 1.82) is 0 Å². The van der Waals surface area contributed by atoms with Crippen molar-refractivity contribution in [2.45, 2.75) is 58.1 Å². The van der Waals surface area contributed by atoms with Crippen molar-refractivity contribution in [3.8, 4) is 16.9 Å². The van der Waals surface area contributed by atoms with E-state index >= 15 is 0 Å². The quantitative estimate of drug-likeness (QED) is 0.293. The predicted molar refractivity (Wildman–Crippen MR) is 146 cm³/mol. The van der Waals surface area contributed by atoms with Gasteiger partial charge in [0, 0.05) is 12.6 Å². The third kappa shape index (κ3) is 5.92. The van der Waals surface area contributed by atoms with Gasteiger partial charge in [0.15, 0.2) is 0 Å². The van der Waals surface area contributed by atoms with Crippen LogP contribution in [0.15, 0.2) is 66.9 Å². The molecule has 4 aromatic rings. The van der Waals surface area contributed by atoms with Gasteiger partial charge in [-0.1, -0.05) is 36.4 Å². The highest BCUT2D eigenvalue weighted by Gasteiger charge is 2.28. The van der Waals surface area contributed by atoms with E-state index in [0.717, 1.165) is 53.1 Å². The first-order chi connectivity index (χ1) is 18.3. The normalized spacial score (nSPS) is 14.8. The number of hydrogen-bond donors (Lipinski definition) is 2. The zero-order valence-electron chi connectivity index (χ0n) is 22.0. The van der Waals surface area contributed by atoms with Crippen molar-refractivity contribution < 1.29 is 14.6 Å². The second-order valence-electron chi connectivity index (χ2n) is 10.4. The molecular weight excluding hydrogens is 478 g/mol. The summed E-state index contributed by atoms with van der Waals surface area (Å²) in [6.07, 6.45) is 4.80. The number of anilines is 1. The van der Waals surface area contributed by atoms with Gasteiger partial charge in [-0.05, 0) is 86.6 Å².